The molecule has 0 saturated heterocycles. The SMILES string of the molecule is COC(=O)C(NCc1ccccc1)C(C)O. The first-order chi connectivity index (χ1) is 7.65. The Kier molecular flexibility index (Phi) is 4.95. The van der Waals surface area contributed by atoms with Gasteiger partial charge in [0, 0.05) is 6.54 Å². The fourth-order valence-electron chi connectivity index (χ4n) is 1.40. The molecule has 0 fully saturated rings. The van der Waals surface area contributed by atoms with Gasteiger partial charge in [0.2, 0.25) is 0 Å². The monoisotopic (exact) mass is 223 g/mol. The summed E-state index contributed by atoms with van der Waals surface area (Å²) in [7, 11) is 1.31. The van der Waals surface area contributed by atoms with E-state index in [9.17, 15) is 9.90 Å². The zero-order chi connectivity index (χ0) is 12.0. The van der Waals surface area contributed by atoms with Crippen molar-refractivity contribution in [3.05, 3.63) is 35.9 Å². The summed E-state index contributed by atoms with van der Waals surface area (Å²) in [6.45, 7) is 2.07. The van der Waals surface area contributed by atoms with Crippen LogP contribution in [-0.2, 0) is 16.1 Å². The standard InChI is InChI=1S/C12H17NO3/c1-9(14)11(12(15)16-2)13-8-10-6-4-3-5-7-10/h3-7,9,11,13-14H,8H2,1-2H3. The number of aliphatic hydroxyl groups is 1. The maximum absolute atomic E-state index is 11.3. The van der Waals surface area contributed by atoms with E-state index in [-0.39, 0.29) is 0 Å². The van der Waals surface area contributed by atoms with Gasteiger partial charge < -0.3 is 9.84 Å². The second kappa shape index (κ2) is 6.25. The van der Waals surface area contributed by atoms with E-state index in [0.29, 0.717) is 6.54 Å². The minimum atomic E-state index is -0.781. The molecule has 4 heteroatoms. The molecule has 1 aromatic carbocycles. The van der Waals surface area contributed by atoms with Crippen molar-refractivity contribution in [2.24, 2.45) is 0 Å². The van der Waals surface area contributed by atoms with Crippen molar-refractivity contribution < 1.29 is 14.6 Å². The molecule has 4 nitrogen and oxygen atoms in total. The van der Waals surface area contributed by atoms with Gasteiger partial charge in [-0.2, -0.15) is 0 Å². The van der Waals surface area contributed by atoms with E-state index in [4.69, 9.17) is 0 Å². The van der Waals surface area contributed by atoms with Crippen molar-refractivity contribution in [2.75, 3.05) is 7.11 Å². The third-order valence-corrected chi connectivity index (χ3v) is 2.31. The van der Waals surface area contributed by atoms with Crippen LogP contribution in [0.25, 0.3) is 0 Å². The Morgan fingerprint density at radius 1 is 1.44 bits per heavy atom. The number of rotatable bonds is 5. The highest BCUT2D eigenvalue weighted by molar-refractivity contribution is 5.76. The van der Waals surface area contributed by atoms with E-state index in [1.807, 2.05) is 30.3 Å². The lowest BCUT2D eigenvalue weighted by molar-refractivity contribution is -0.145. The van der Waals surface area contributed by atoms with Crippen LogP contribution in [-0.4, -0.2) is 30.3 Å². The molecule has 0 aliphatic heterocycles. The number of benzene rings is 1. The van der Waals surface area contributed by atoms with Crippen molar-refractivity contribution >= 4 is 5.97 Å². The second-order valence-corrected chi connectivity index (χ2v) is 3.61. The fraction of sp³-hybridized carbons (Fsp3) is 0.417. The van der Waals surface area contributed by atoms with Crippen LogP contribution in [0.1, 0.15) is 12.5 Å². The Balaban J connectivity index is 2.54. The van der Waals surface area contributed by atoms with Crippen LogP contribution in [0, 0.1) is 0 Å². The van der Waals surface area contributed by atoms with Gasteiger partial charge in [-0.25, -0.2) is 0 Å². The van der Waals surface area contributed by atoms with Gasteiger partial charge in [-0.3, -0.25) is 10.1 Å². The summed E-state index contributed by atoms with van der Waals surface area (Å²) in [5.74, 6) is -0.453. The first-order valence-electron chi connectivity index (χ1n) is 5.18. The number of hydrogen-bond acceptors (Lipinski definition) is 4. The lowest BCUT2D eigenvalue weighted by Crippen LogP contribution is -2.45. The summed E-state index contributed by atoms with van der Waals surface area (Å²) in [6.07, 6.45) is -0.781. The van der Waals surface area contributed by atoms with Crippen molar-refractivity contribution in [3.8, 4) is 0 Å². The molecule has 2 N–H and O–H groups in total. The zero-order valence-corrected chi connectivity index (χ0v) is 9.51. The molecule has 0 saturated carbocycles. The van der Waals surface area contributed by atoms with Crippen molar-refractivity contribution in [1.82, 2.24) is 5.32 Å². The van der Waals surface area contributed by atoms with E-state index in [1.165, 1.54) is 7.11 Å². The van der Waals surface area contributed by atoms with Gasteiger partial charge in [-0.05, 0) is 12.5 Å². The highest BCUT2D eigenvalue weighted by atomic mass is 16.5. The van der Waals surface area contributed by atoms with Crippen LogP contribution in [0.4, 0.5) is 0 Å². The molecule has 0 aliphatic rings. The predicted molar refractivity (Wildman–Crippen MR) is 60.8 cm³/mol. The Labute approximate surface area is 95.2 Å². The molecule has 0 spiro atoms. The number of carbonyl (C=O) groups is 1. The number of esters is 1. The molecular weight excluding hydrogens is 206 g/mol. The summed E-state index contributed by atoms with van der Waals surface area (Å²) in [4.78, 5) is 11.3. The number of hydrogen-bond donors (Lipinski definition) is 2. The first-order valence-corrected chi connectivity index (χ1v) is 5.18. The summed E-state index contributed by atoms with van der Waals surface area (Å²) >= 11 is 0. The lowest BCUT2D eigenvalue weighted by Gasteiger charge is -2.18. The van der Waals surface area contributed by atoms with Crippen LogP contribution in [0.3, 0.4) is 0 Å². The minimum Gasteiger partial charge on any atom is -0.468 e. The van der Waals surface area contributed by atoms with E-state index < -0.39 is 18.1 Å². The van der Waals surface area contributed by atoms with Crippen LogP contribution >= 0.6 is 0 Å². The summed E-state index contributed by atoms with van der Waals surface area (Å²) < 4.78 is 4.60. The number of carbonyl (C=O) groups excluding carboxylic acids is 1. The van der Waals surface area contributed by atoms with Crippen LogP contribution in [0.2, 0.25) is 0 Å². The maximum atomic E-state index is 11.3. The molecule has 0 aliphatic carbocycles. The molecule has 1 aromatic rings. The molecule has 2 unspecified atom stereocenters. The maximum Gasteiger partial charge on any atom is 0.325 e. The Hall–Kier alpha value is -1.39. The van der Waals surface area contributed by atoms with Crippen LogP contribution in [0.15, 0.2) is 30.3 Å². The number of aliphatic hydroxyl groups excluding tert-OH is 1. The third-order valence-electron chi connectivity index (χ3n) is 2.31. The molecule has 16 heavy (non-hydrogen) atoms. The smallest absolute Gasteiger partial charge is 0.325 e. The highest BCUT2D eigenvalue weighted by Crippen LogP contribution is 2.01. The predicted octanol–water partition coefficient (Wildman–Crippen LogP) is 0.699. The van der Waals surface area contributed by atoms with Crippen LogP contribution < -0.4 is 5.32 Å². The van der Waals surface area contributed by atoms with E-state index >= 15 is 0 Å². The Bertz CT molecular complexity index is 324. The summed E-state index contributed by atoms with van der Waals surface area (Å²) in [5, 5.41) is 12.4. The Morgan fingerprint density at radius 3 is 2.56 bits per heavy atom. The largest absolute Gasteiger partial charge is 0.468 e. The molecule has 0 bridgehead atoms. The van der Waals surface area contributed by atoms with E-state index in [0.717, 1.165) is 5.56 Å². The van der Waals surface area contributed by atoms with E-state index in [2.05, 4.69) is 10.1 Å². The quantitative estimate of drug-likeness (QED) is 0.721. The summed E-state index contributed by atoms with van der Waals surface area (Å²) in [6, 6.07) is 8.98. The van der Waals surface area contributed by atoms with Gasteiger partial charge in [-0.1, -0.05) is 30.3 Å². The van der Waals surface area contributed by atoms with Crippen molar-refractivity contribution in [3.63, 3.8) is 0 Å². The Morgan fingerprint density at radius 2 is 2.06 bits per heavy atom. The van der Waals surface area contributed by atoms with Gasteiger partial charge in [-0.15, -0.1) is 0 Å². The van der Waals surface area contributed by atoms with Crippen molar-refractivity contribution in [1.29, 1.82) is 0 Å². The minimum absolute atomic E-state index is 0.453. The third kappa shape index (κ3) is 3.64. The molecule has 0 amide bonds. The van der Waals surface area contributed by atoms with Gasteiger partial charge in [0.15, 0.2) is 0 Å². The number of nitrogens with one attached hydrogen (secondary N) is 1. The topological polar surface area (TPSA) is 58.6 Å². The van der Waals surface area contributed by atoms with E-state index in [1.54, 1.807) is 6.92 Å². The molecule has 1 rings (SSSR count). The van der Waals surface area contributed by atoms with Gasteiger partial charge in [0.25, 0.3) is 0 Å². The zero-order valence-electron chi connectivity index (χ0n) is 9.51. The summed E-state index contributed by atoms with van der Waals surface area (Å²) in [5.41, 5.74) is 1.05. The van der Waals surface area contributed by atoms with Gasteiger partial charge in [0.1, 0.15) is 6.04 Å². The van der Waals surface area contributed by atoms with Crippen molar-refractivity contribution in [2.45, 2.75) is 25.6 Å². The van der Waals surface area contributed by atoms with Crippen LogP contribution in [0.5, 0.6) is 0 Å². The molecule has 2 atom stereocenters. The molecule has 88 valence electrons. The number of methoxy groups -OCH3 is 1. The molecule has 0 radical (unpaired) electrons. The lowest BCUT2D eigenvalue weighted by atomic mass is 10.1. The molecule has 0 aromatic heterocycles. The molecular formula is C12H17NO3. The normalized spacial score (nSPS) is 14.2. The number of ether oxygens (including phenoxy) is 1. The highest BCUT2D eigenvalue weighted by Gasteiger charge is 2.23. The average molecular weight is 223 g/mol. The average Bonchev–Trinajstić information content (AvgIpc) is 2.30. The van der Waals surface area contributed by atoms with Gasteiger partial charge in [0.05, 0.1) is 13.2 Å². The fourth-order valence-corrected chi connectivity index (χ4v) is 1.40. The first kappa shape index (κ1) is 12.7. The molecule has 0 heterocycles. The second-order valence-electron chi connectivity index (χ2n) is 3.61. The van der Waals surface area contributed by atoms with Gasteiger partial charge >= 0.3 is 5.97 Å².